The molecule has 1 aromatic carbocycles. The minimum absolute atomic E-state index is 0.0769. The smallest absolute Gasteiger partial charge is 0.294 e. The molecule has 0 unspecified atom stereocenters. The molecule has 0 radical (unpaired) electrons. The predicted molar refractivity (Wildman–Crippen MR) is 106 cm³/mol. The largest absolute Gasteiger partial charge is 0.377 e. The molecule has 1 aliphatic heterocycles. The maximum absolute atomic E-state index is 12.9. The first-order chi connectivity index (χ1) is 13.5. The monoisotopic (exact) mass is 385 g/mol. The lowest BCUT2D eigenvalue weighted by molar-refractivity contribution is -0.383. The molecule has 3 aliphatic rings. The van der Waals surface area contributed by atoms with E-state index in [1.807, 2.05) is 0 Å². The van der Waals surface area contributed by atoms with Crippen molar-refractivity contribution in [2.45, 2.75) is 64.3 Å². The second kappa shape index (κ2) is 7.53. The van der Waals surface area contributed by atoms with Gasteiger partial charge in [0.2, 0.25) is 11.8 Å². The fourth-order valence-electron chi connectivity index (χ4n) is 5.04. The van der Waals surface area contributed by atoms with Crippen LogP contribution in [0.5, 0.6) is 0 Å². The van der Waals surface area contributed by atoms with Crippen molar-refractivity contribution in [1.82, 2.24) is 0 Å². The number of anilines is 2. The summed E-state index contributed by atoms with van der Waals surface area (Å²) in [5, 5.41) is 15.0. The third kappa shape index (κ3) is 3.38. The summed E-state index contributed by atoms with van der Waals surface area (Å²) < 4.78 is 0. The van der Waals surface area contributed by atoms with Gasteiger partial charge in [0.05, 0.1) is 22.4 Å². The summed E-state index contributed by atoms with van der Waals surface area (Å²) in [6.07, 6.45) is 7.85. The van der Waals surface area contributed by atoms with Crippen LogP contribution in [0.25, 0.3) is 0 Å². The van der Waals surface area contributed by atoms with Crippen LogP contribution in [-0.2, 0) is 9.59 Å². The van der Waals surface area contributed by atoms with Gasteiger partial charge in [0.1, 0.15) is 5.69 Å². The molecule has 7 nitrogen and oxygen atoms in total. The van der Waals surface area contributed by atoms with Gasteiger partial charge in [-0.25, -0.2) is 4.90 Å². The Morgan fingerprint density at radius 1 is 1.04 bits per heavy atom. The molecular formula is C21H27N3O4. The van der Waals surface area contributed by atoms with E-state index in [9.17, 15) is 19.7 Å². The summed E-state index contributed by atoms with van der Waals surface area (Å²) in [6.45, 7) is 2.10. The number of nitrogens with zero attached hydrogens (tertiary/aromatic N) is 2. The van der Waals surface area contributed by atoms with Gasteiger partial charge < -0.3 is 5.32 Å². The molecule has 3 atom stereocenters. The third-order valence-corrected chi connectivity index (χ3v) is 6.59. The van der Waals surface area contributed by atoms with E-state index in [-0.39, 0.29) is 35.4 Å². The summed E-state index contributed by atoms with van der Waals surface area (Å²) in [5.74, 6) is -0.541. The van der Waals surface area contributed by atoms with Crippen LogP contribution in [0.3, 0.4) is 0 Å². The zero-order chi connectivity index (χ0) is 19.8. The Labute approximate surface area is 164 Å². The van der Waals surface area contributed by atoms with E-state index in [0.717, 1.165) is 44.9 Å². The first-order valence-electron chi connectivity index (χ1n) is 10.4. The number of hydrogen-bond donors (Lipinski definition) is 1. The molecule has 2 saturated carbocycles. The van der Waals surface area contributed by atoms with Crippen molar-refractivity contribution in [2.24, 2.45) is 17.8 Å². The van der Waals surface area contributed by atoms with Gasteiger partial charge in [0.15, 0.2) is 0 Å². The highest BCUT2D eigenvalue weighted by molar-refractivity contribution is 6.22. The Morgan fingerprint density at radius 2 is 1.75 bits per heavy atom. The van der Waals surface area contributed by atoms with Crippen LogP contribution in [0, 0.1) is 27.9 Å². The predicted octanol–water partition coefficient (Wildman–Crippen LogP) is 4.27. The number of hydrogen-bond acceptors (Lipinski definition) is 5. The molecule has 2 amide bonds. The Hall–Kier alpha value is -2.44. The molecule has 7 heteroatoms. The highest BCUT2D eigenvalue weighted by Gasteiger charge is 2.50. The van der Waals surface area contributed by atoms with Crippen molar-refractivity contribution in [2.75, 3.05) is 10.2 Å². The second-order valence-corrected chi connectivity index (χ2v) is 8.58. The van der Waals surface area contributed by atoms with Gasteiger partial charge >= 0.3 is 0 Å². The molecule has 1 aromatic rings. The highest BCUT2D eigenvalue weighted by atomic mass is 16.6. The van der Waals surface area contributed by atoms with Gasteiger partial charge in [-0.2, -0.15) is 0 Å². The number of nitrogens with one attached hydrogen (secondary N) is 1. The summed E-state index contributed by atoms with van der Waals surface area (Å²) in [7, 11) is 0. The minimum atomic E-state index is -0.436. The molecule has 150 valence electrons. The average molecular weight is 385 g/mol. The van der Waals surface area contributed by atoms with E-state index in [0.29, 0.717) is 17.3 Å². The molecule has 28 heavy (non-hydrogen) atoms. The molecule has 0 aromatic heterocycles. The molecule has 1 heterocycles. The van der Waals surface area contributed by atoms with Crippen molar-refractivity contribution in [3.8, 4) is 0 Å². The number of rotatable bonds is 4. The lowest BCUT2D eigenvalue weighted by Gasteiger charge is -2.25. The van der Waals surface area contributed by atoms with E-state index in [1.54, 1.807) is 12.1 Å². The summed E-state index contributed by atoms with van der Waals surface area (Å²) in [4.78, 5) is 38.2. The summed E-state index contributed by atoms with van der Waals surface area (Å²) >= 11 is 0. The number of nitro groups is 1. The minimum Gasteiger partial charge on any atom is -0.377 e. The normalized spacial score (nSPS) is 28.3. The first-order valence-corrected chi connectivity index (χ1v) is 10.4. The van der Waals surface area contributed by atoms with Crippen molar-refractivity contribution >= 4 is 28.9 Å². The van der Waals surface area contributed by atoms with Crippen molar-refractivity contribution in [3.63, 3.8) is 0 Å². The Kier molecular flexibility index (Phi) is 5.08. The van der Waals surface area contributed by atoms with Crippen LogP contribution in [0.15, 0.2) is 18.2 Å². The zero-order valence-corrected chi connectivity index (χ0v) is 16.2. The van der Waals surface area contributed by atoms with Crippen molar-refractivity contribution < 1.29 is 14.5 Å². The number of carbonyl (C=O) groups is 2. The average Bonchev–Trinajstić information content (AvgIpc) is 2.93. The van der Waals surface area contributed by atoms with Crippen molar-refractivity contribution in [1.29, 1.82) is 0 Å². The number of carbonyl (C=O) groups excluding carboxylic acids is 2. The fourth-order valence-corrected chi connectivity index (χ4v) is 5.04. The highest BCUT2D eigenvalue weighted by Crippen LogP contribution is 2.43. The van der Waals surface area contributed by atoms with Gasteiger partial charge in [0, 0.05) is 12.1 Å². The summed E-state index contributed by atoms with van der Waals surface area (Å²) in [6, 6.07) is 4.92. The standard InChI is InChI=1S/C21H27N3O4/c1-13-7-9-16-17(11-13)21(26)23(20(16)25)15-8-10-18(19(12-15)24(27)28)22-14-5-3-2-4-6-14/h8,10,12-14,16-17,22H,2-7,9,11H2,1H3/t13-,16+,17+/m1/s1. The molecule has 2 aliphatic carbocycles. The molecule has 0 spiro atoms. The number of benzene rings is 1. The van der Waals surface area contributed by atoms with Crippen LogP contribution in [0.2, 0.25) is 0 Å². The third-order valence-electron chi connectivity index (χ3n) is 6.59. The summed E-state index contributed by atoms with van der Waals surface area (Å²) in [5.41, 5.74) is 0.704. The lowest BCUT2D eigenvalue weighted by Crippen LogP contribution is -2.31. The van der Waals surface area contributed by atoms with Gasteiger partial charge in [-0.3, -0.25) is 19.7 Å². The SMILES string of the molecule is C[C@@H]1CC[C@@H]2C(=O)N(c3ccc(NC4CCCCC4)c([N+](=O)[O-])c3)C(=O)[C@H]2C1. The molecule has 1 N–H and O–H groups in total. The van der Waals surface area contributed by atoms with Gasteiger partial charge in [-0.1, -0.05) is 26.2 Å². The van der Waals surface area contributed by atoms with E-state index in [2.05, 4.69) is 12.2 Å². The second-order valence-electron chi connectivity index (χ2n) is 8.58. The van der Waals surface area contributed by atoms with Crippen molar-refractivity contribution in [3.05, 3.63) is 28.3 Å². The first kappa shape index (κ1) is 18.9. The maximum Gasteiger partial charge on any atom is 0.294 e. The Morgan fingerprint density at radius 3 is 2.46 bits per heavy atom. The molecular weight excluding hydrogens is 358 g/mol. The molecule has 0 bridgehead atoms. The Bertz CT molecular complexity index is 803. The van der Waals surface area contributed by atoms with E-state index < -0.39 is 4.92 Å². The number of amides is 2. The van der Waals surface area contributed by atoms with Gasteiger partial charge in [0.25, 0.3) is 5.69 Å². The van der Waals surface area contributed by atoms with Crippen LogP contribution in [-0.4, -0.2) is 22.8 Å². The van der Waals surface area contributed by atoms with E-state index >= 15 is 0 Å². The molecule has 4 rings (SSSR count). The van der Waals surface area contributed by atoms with Crippen LogP contribution < -0.4 is 10.2 Å². The van der Waals surface area contributed by atoms with Crippen LogP contribution in [0.1, 0.15) is 58.3 Å². The number of nitro benzene ring substituents is 1. The van der Waals surface area contributed by atoms with Crippen LogP contribution >= 0.6 is 0 Å². The Balaban J connectivity index is 1.61. The molecule has 1 saturated heterocycles. The zero-order valence-electron chi connectivity index (χ0n) is 16.2. The number of imide groups is 1. The maximum atomic E-state index is 12.9. The van der Waals surface area contributed by atoms with Gasteiger partial charge in [-0.05, 0) is 50.2 Å². The van der Waals surface area contributed by atoms with Gasteiger partial charge in [-0.15, -0.1) is 0 Å². The number of fused-ring (bicyclic) bond motifs is 1. The topological polar surface area (TPSA) is 92.6 Å². The fraction of sp³-hybridized carbons (Fsp3) is 0.619. The lowest BCUT2D eigenvalue weighted by atomic mass is 9.76. The van der Waals surface area contributed by atoms with Crippen LogP contribution in [0.4, 0.5) is 17.1 Å². The molecule has 3 fully saturated rings. The van der Waals surface area contributed by atoms with E-state index in [4.69, 9.17) is 0 Å². The quantitative estimate of drug-likeness (QED) is 0.475. The van der Waals surface area contributed by atoms with E-state index in [1.165, 1.54) is 17.4 Å².